The van der Waals surface area contributed by atoms with Crippen molar-refractivity contribution < 1.29 is 19.1 Å². The summed E-state index contributed by atoms with van der Waals surface area (Å²) >= 11 is 7.32. The van der Waals surface area contributed by atoms with Crippen LogP contribution in [0.1, 0.15) is 26.7 Å². The lowest BCUT2D eigenvalue weighted by Gasteiger charge is -2.29. The van der Waals surface area contributed by atoms with Gasteiger partial charge in [-0.05, 0) is 32.4 Å². The molecule has 0 radical (unpaired) electrons. The van der Waals surface area contributed by atoms with Crippen molar-refractivity contribution in [3.8, 4) is 0 Å². The topological polar surface area (TPSA) is 88.6 Å². The zero-order valence-corrected chi connectivity index (χ0v) is 15.4. The molecule has 0 saturated carbocycles. The molecule has 2 aliphatic rings. The molecule has 1 aromatic rings. The monoisotopic (exact) mass is 383 g/mol. The van der Waals surface area contributed by atoms with Crippen LogP contribution in [0.25, 0.3) is 0 Å². The van der Waals surface area contributed by atoms with Gasteiger partial charge in [0.05, 0.1) is 9.89 Å². The minimum Gasteiger partial charge on any atom is -0.451 e. The van der Waals surface area contributed by atoms with Crippen molar-refractivity contribution in [1.29, 1.82) is 0 Å². The summed E-state index contributed by atoms with van der Waals surface area (Å²) in [7, 11) is 0. The van der Waals surface area contributed by atoms with Gasteiger partial charge < -0.3 is 15.0 Å². The Hall–Kier alpha value is -1.80. The van der Waals surface area contributed by atoms with Crippen LogP contribution in [0, 0.1) is 0 Å². The highest BCUT2D eigenvalue weighted by Crippen LogP contribution is 2.47. The molecular weight excluding hydrogens is 366 g/mol. The van der Waals surface area contributed by atoms with Gasteiger partial charge in [-0.3, -0.25) is 9.59 Å². The molecule has 0 bridgehead atoms. The van der Waals surface area contributed by atoms with Gasteiger partial charge in [-0.2, -0.15) is 0 Å². The highest BCUT2D eigenvalue weighted by atomic mass is 35.5. The molecule has 1 aromatic heterocycles. The van der Waals surface area contributed by atoms with Crippen LogP contribution in [0.4, 0.5) is 5.82 Å². The summed E-state index contributed by atoms with van der Waals surface area (Å²) in [5.74, 6) is -0.302. The van der Waals surface area contributed by atoms with Crippen LogP contribution in [0.3, 0.4) is 0 Å². The molecule has 3 atom stereocenters. The molecule has 25 heavy (non-hydrogen) atoms. The number of carbonyl (C=O) groups excluding carboxylic acids is 3. The maximum Gasteiger partial charge on any atom is 0.330 e. The standard InChI is InChI=1S/C16H18ClN3O4S/c1-9(14(22)19-12-4-3-10(17)7-18-12)24-15(23)11-8-25-16(2)6-5-13(21)20(11)16/h3-4,7,9,11H,5-6,8H2,1-2H3,(H,18,19,22)/t9-,11-,16+/m1/s1. The first kappa shape index (κ1) is 18.0. The van der Waals surface area contributed by atoms with E-state index in [-0.39, 0.29) is 10.8 Å². The molecule has 0 spiro atoms. The van der Waals surface area contributed by atoms with Crippen LogP contribution in [-0.4, -0.2) is 50.4 Å². The molecule has 3 heterocycles. The zero-order valence-electron chi connectivity index (χ0n) is 13.8. The van der Waals surface area contributed by atoms with Crippen molar-refractivity contribution >= 4 is 47.0 Å². The SMILES string of the molecule is C[C@@H](OC(=O)[C@H]1CS[C@@]2(C)CCC(=O)N12)C(=O)Nc1ccc(Cl)cn1. The number of fused-ring (bicyclic) bond motifs is 1. The molecule has 134 valence electrons. The highest BCUT2D eigenvalue weighted by Gasteiger charge is 2.53. The second-order valence-electron chi connectivity index (χ2n) is 6.20. The van der Waals surface area contributed by atoms with Crippen molar-refractivity contribution in [3.05, 3.63) is 23.4 Å². The molecule has 0 unspecified atom stereocenters. The summed E-state index contributed by atoms with van der Waals surface area (Å²) in [6, 6.07) is 2.50. The van der Waals surface area contributed by atoms with E-state index in [0.717, 1.165) is 6.42 Å². The Labute approximate surface area is 154 Å². The summed E-state index contributed by atoms with van der Waals surface area (Å²) in [6.07, 6.45) is 1.56. The van der Waals surface area contributed by atoms with Gasteiger partial charge in [-0.1, -0.05) is 11.6 Å². The molecule has 2 amide bonds. The number of nitrogens with one attached hydrogen (secondary N) is 1. The van der Waals surface area contributed by atoms with Crippen molar-refractivity contribution in [3.63, 3.8) is 0 Å². The molecular formula is C16H18ClN3O4S. The van der Waals surface area contributed by atoms with Gasteiger partial charge in [0.15, 0.2) is 6.10 Å². The van der Waals surface area contributed by atoms with Gasteiger partial charge in [0.1, 0.15) is 11.9 Å². The smallest absolute Gasteiger partial charge is 0.330 e. The summed E-state index contributed by atoms with van der Waals surface area (Å²) in [6.45, 7) is 3.44. The summed E-state index contributed by atoms with van der Waals surface area (Å²) in [4.78, 5) is 41.9. The molecule has 0 aliphatic carbocycles. The second-order valence-corrected chi connectivity index (χ2v) is 8.13. The first-order valence-electron chi connectivity index (χ1n) is 7.89. The molecule has 7 nitrogen and oxygen atoms in total. The van der Waals surface area contributed by atoms with E-state index in [1.54, 1.807) is 28.8 Å². The third kappa shape index (κ3) is 3.59. The molecule has 2 saturated heterocycles. The normalized spacial score (nSPS) is 26.3. The van der Waals surface area contributed by atoms with E-state index in [1.807, 2.05) is 6.92 Å². The maximum atomic E-state index is 12.4. The van der Waals surface area contributed by atoms with Crippen molar-refractivity contribution in [2.24, 2.45) is 0 Å². The molecule has 9 heteroatoms. The van der Waals surface area contributed by atoms with E-state index >= 15 is 0 Å². The van der Waals surface area contributed by atoms with E-state index in [0.29, 0.717) is 23.0 Å². The number of aromatic nitrogens is 1. The Morgan fingerprint density at radius 2 is 2.28 bits per heavy atom. The first-order chi connectivity index (χ1) is 11.8. The van der Waals surface area contributed by atoms with Gasteiger partial charge in [-0.15, -0.1) is 11.8 Å². The first-order valence-corrected chi connectivity index (χ1v) is 9.25. The number of anilines is 1. The third-order valence-corrected chi connectivity index (χ3v) is 6.09. The summed E-state index contributed by atoms with van der Waals surface area (Å²) < 4.78 is 5.28. The molecule has 0 aromatic carbocycles. The fourth-order valence-corrected chi connectivity index (χ4v) is 4.51. The lowest BCUT2D eigenvalue weighted by molar-refractivity contribution is -0.160. The zero-order chi connectivity index (χ0) is 18.2. The van der Waals surface area contributed by atoms with E-state index in [1.165, 1.54) is 13.1 Å². The van der Waals surface area contributed by atoms with Crippen molar-refractivity contribution in [2.45, 2.75) is 43.7 Å². The van der Waals surface area contributed by atoms with Crippen LogP contribution >= 0.6 is 23.4 Å². The number of carbonyl (C=O) groups is 3. The lowest BCUT2D eigenvalue weighted by Crippen LogP contribution is -2.48. The number of thioether (sulfide) groups is 1. The lowest BCUT2D eigenvalue weighted by atomic mass is 10.2. The minimum atomic E-state index is -1.00. The highest BCUT2D eigenvalue weighted by molar-refractivity contribution is 8.01. The van der Waals surface area contributed by atoms with E-state index in [9.17, 15) is 14.4 Å². The van der Waals surface area contributed by atoms with Crippen LogP contribution in [0.2, 0.25) is 5.02 Å². The molecule has 1 N–H and O–H groups in total. The summed E-state index contributed by atoms with van der Waals surface area (Å²) in [5.41, 5.74) is 0. The molecule has 3 rings (SSSR count). The molecule has 2 aliphatic heterocycles. The number of amides is 2. The average Bonchev–Trinajstić information content (AvgIpc) is 3.06. The third-order valence-electron chi connectivity index (χ3n) is 4.36. The average molecular weight is 384 g/mol. The second kappa shape index (κ2) is 6.84. The predicted molar refractivity (Wildman–Crippen MR) is 94.2 cm³/mol. The Balaban J connectivity index is 1.59. The van der Waals surface area contributed by atoms with Crippen LogP contribution in [-0.2, 0) is 19.1 Å². The Morgan fingerprint density at radius 3 is 2.96 bits per heavy atom. The minimum absolute atomic E-state index is 0.0445. The van der Waals surface area contributed by atoms with Gasteiger partial charge in [0.2, 0.25) is 5.91 Å². The largest absolute Gasteiger partial charge is 0.451 e. The van der Waals surface area contributed by atoms with Gasteiger partial charge in [0, 0.05) is 18.4 Å². The maximum absolute atomic E-state index is 12.4. The number of pyridine rings is 1. The Morgan fingerprint density at radius 1 is 1.52 bits per heavy atom. The van der Waals surface area contributed by atoms with Crippen LogP contribution in [0.5, 0.6) is 0 Å². The van der Waals surface area contributed by atoms with Crippen LogP contribution in [0.15, 0.2) is 18.3 Å². The van der Waals surface area contributed by atoms with Gasteiger partial charge >= 0.3 is 5.97 Å². The predicted octanol–water partition coefficient (Wildman–Crippen LogP) is 2.06. The van der Waals surface area contributed by atoms with Crippen molar-refractivity contribution in [1.82, 2.24) is 9.88 Å². The summed E-state index contributed by atoms with van der Waals surface area (Å²) in [5, 5.41) is 3.01. The number of hydrogen-bond donors (Lipinski definition) is 1. The van der Waals surface area contributed by atoms with Crippen molar-refractivity contribution in [2.75, 3.05) is 11.1 Å². The van der Waals surface area contributed by atoms with Gasteiger partial charge in [0.25, 0.3) is 5.91 Å². The number of rotatable bonds is 4. The van der Waals surface area contributed by atoms with E-state index in [2.05, 4.69) is 10.3 Å². The van der Waals surface area contributed by atoms with E-state index < -0.39 is 24.0 Å². The molecule has 2 fully saturated rings. The number of ether oxygens (including phenoxy) is 1. The number of nitrogens with zero attached hydrogens (tertiary/aromatic N) is 2. The Kier molecular flexibility index (Phi) is 4.92. The van der Waals surface area contributed by atoms with E-state index in [4.69, 9.17) is 16.3 Å². The fraction of sp³-hybridized carbons (Fsp3) is 0.500. The van der Waals surface area contributed by atoms with Gasteiger partial charge in [-0.25, -0.2) is 9.78 Å². The van der Waals surface area contributed by atoms with Crippen LogP contribution < -0.4 is 5.32 Å². The fourth-order valence-electron chi connectivity index (χ4n) is 2.98. The quantitative estimate of drug-likeness (QED) is 0.800. The number of esters is 1. The number of halogens is 1. The Bertz CT molecular complexity index is 714. The number of hydrogen-bond acceptors (Lipinski definition) is 6.